The fraction of sp³-hybridized carbons (Fsp3) is 0.562. The van der Waals surface area contributed by atoms with Crippen LogP contribution in [0.1, 0.15) is 33.6 Å². The third-order valence-corrected chi connectivity index (χ3v) is 3.38. The van der Waals surface area contributed by atoms with E-state index in [-0.39, 0.29) is 62.6 Å². The van der Waals surface area contributed by atoms with Gasteiger partial charge in [0.2, 0.25) is 5.91 Å². The minimum atomic E-state index is -0.955. The molecule has 0 saturated carbocycles. The summed E-state index contributed by atoms with van der Waals surface area (Å²) in [6.45, 7) is 4.46. The van der Waals surface area contributed by atoms with Gasteiger partial charge in [-0.05, 0) is 19.8 Å². The van der Waals surface area contributed by atoms with Crippen molar-refractivity contribution in [2.45, 2.75) is 51.7 Å². The van der Waals surface area contributed by atoms with Crippen molar-refractivity contribution >= 4 is 48.0 Å². The minimum absolute atomic E-state index is 0. The van der Waals surface area contributed by atoms with Crippen molar-refractivity contribution in [1.29, 1.82) is 0 Å². The molecule has 30 heavy (non-hydrogen) atoms. The normalized spacial score (nSPS) is 13.1. The Hall–Kier alpha value is -1.12. The Morgan fingerprint density at radius 2 is 1.80 bits per heavy atom. The smallest absolute Gasteiger partial charge is 0.336 e. The first-order chi connectivity index (χ1) is 13.1. The zero-order chi connectivity index (χ0) is 21.7. The number of rotatable bonds is 11. The van der Waals surface area contributed by atoms with Gasteiger partial charge in [-0.1, -0.05) is 25.6 Å². The maximum atomic E-state index is 12.1. The van der Waals surface area contributed by atoms with Crippen LogP contribution in [0.15, 0.2) is 4.99 Å². The number of amidine groups is 1. The van der Waals surface area contributed by atoms with E-state index in [2.05, 4.69) is 33.6 Å². The molecule has 0 aromatic rings. The van der Waals surface area contributed by atoms with Crippen molar-refractivity contribution in [2.75, 3.05) is 6.54 Å². The summed E-state index contributed by atoms with van der Waals surface area (Å²) in [6, 6.07) is -3.06. The first-order valence-corrected chi connectivity index (χ1v) is 8.84. The molecule has 1 radical (unpaired) electrons. The van der Waals surface area contributed by atoms with E-state index in [4.69, 9.17) is 10.5 Å². The molecule has 5 N–H and O–H groups in total. The van der Waals surface area contributed by atoms with Gasteiger partial charge in [0.15, 0.2) is 0 Å². The van der Waals surface area contributed by atoms with Gasteiger partial charge in [-0.2, -0.15) is 6.92 Å². The monoisotopic (exact) mass is 704 g/mol. The van der Waals surface area contributed by atoms with E-state index in [1.165, 1.54) is 27.2 Å². The molecule has 0 spiro atoms. The third kappa shape index (κ3) is 15.7. The summed E-state index contributed by atoms with van der Waals surface area (Å²) < 4.78 is 4.76. The fourth-order valence-electron chi connectivity index (χ4n) is 1.82. The van der Waals surface area contributed by atoms with E-state index in [1.54, 1.807) is 6.29 Å². The molecular weight excluding hydrogens is 679 g/mol. The number of hydrogen-bond acceptors (Lipinski definition) is 7. The summed E-state index contributed by atoms with van der Waals surface area (Å²) in [6.07, 6.45) is 3.40. The van der Waals surface area contributed by atoms with Gasteiger partial charge in [-0.3, -0.25) is 9.59 Å². The van der Waals surface area contributed by atoms with Gasteiger partial charge in [-0.15, -0.1) is 0 Å². The summed E-state index contributed by atoms with van der Waals surface area (Å²) in [4.78, 5) is 60.4. The van der Waals surface area contributed by atoms with Crippen molar-refractivity contribution in [3.05, 3.63) is 6.42 Å². The van der Waals surface area contributed by atoms with Gasteiger partial charge in [0, 0.05) is 56.2 Å². The Morgan fingerprint density at radius 3 is 2.30 bits per heavy atom. The molecule has 0 aromatic heterocycles. The number of ether oxygens (including phenoxy) is 1. The molecule has 3 unspecified atom stereocenters. The fourth-order valence-corrected chi connectivity index (χ4v) is 2.01. The molecule has 0 aromatic carbocycles. The van der Waals surface area contributed by atoms with Crippen molar-refractivity contribution in [2.24, 2.45) is 10.7 Å². The second-order valence-corrected chi connectivity index (χ2v) is 6.06. The molecule has 3 atom stereocenters. The zero-order valence-electron chi connectivity index (χ0n) is 16.8. The second kappa shape index (κ2) is 18.6. The number of hydrogen-bond donors (Lipinski definition) is 5. The van der Waals surface area contributed by atoms with E-state index in [9.17, 15) is 24.0 Å². The summed E-state index contributed by atoms with van der Waals surface area (Å²) in [5.41, 5.74) is 5.48. The summed E-state index contributed by atoms with van der Waals surface area (Å²) in [5.74, 6) is -1.79. The SMILES string of the molecule is C[CH-]C(=O)NC(CCCN=C(N)OC(=O)C(C)NC(=O)S)C(=O)NC(C)[C-]=O.[U].[V]. The quantitative estimate of drug-likeness (QED) is 0.0458. The van der Waals surface area contributed by atoms with Crippen molar-refractivity contribution in [3.63, 3.8) is 0 Å². The van der Waals surface area contributed by atoms with Crippen LogP contribution in [0.25, 0.3) is 0 Å². The van der Waals surface area contributed by atoms with Gasteiger partial charge < -0.3 is 42.4 Å². The van der Waals surface area contributed by atoms with E-state index >= 15 is 0 Å². The van der Waals surface area contributed by atoms with Crippen LogP contribution in [0.5, 0.6) is 0 Å². The molecule has 0 rings (SSSR count). The van der Waals surface area contributed by atoms with Crippen LogP contribution < -0.4 is 21.7 Å². The van der Waals surface area contributed by atoms with Gasteiger partial charge in [-0.25, -0.2) is 16.1 Å². The number of aliphatic imine (C=N–C) groups is 1. The second-order valence-electron chi connectivity index (χ2n) is 5.65. The molecule has 3 amide bonds. The molecule has 11 nitrogen and oxygen atoms in total. The molecule has 0 aliphatic carbocycles. The molecule has 14 heteroatoms. The Kier molecular flexibility index (Phi) is 20.8. The van der Waals surface area contributed by atoms with Gasteiger partial charge in [0.25, 0.3) is 11.3 Å². The number of nitrogens with two attached hydrogens (primary N) is 1. The summed E-state index contributed by atoms with van der Waals surface area (Å²) >= 11 is 3.48. The summed E-state index contributed by atoms with van der Waals surface area (Å²) in [5, 5.41) is 6.42. The zero-order valence-corrected chi connectivity index (χ0v) is 23.3. The van der Waals surface area contributed by atoms with E-state index in [0.29, 0.717) is 6.42 Å². The maximum absolute atomic E-state index is 12.1. The van der Waals surface area contributed by atoms with Crippen LogP contribution in [0.2, 0.25) is 0 Å². The maximum Gasteiger partial charge on any atom is 0.336 e. The molecule has 0 saturated heterocycles. The molecular formula is C16H25N5O6SUV-2. The molecule has 0 aliphatic rings. The van der Waals surface area contributed by atoms with E-state index in [0.717, 1.165) is 0 Å². The number of nitrogens with one attached hydrogen (secondary N) is 3. The van der Waals surface area contributed by atoms with Crippen molar-refractivity contribution in [1.82, 2.24) is 16.0 Å². The first kappa shape index (κ1) is 33.5. The predicted octanol–water partition coefficient (Wildman–Crippen LogP) is -1.03. The number of carbonyl (C=O) groups excluding carboxylic acids is 5. The molecule has 167 valence electrons. The topological polar surface area (TPSA) is 169 Å². The van der Waals surface area contributed by atoms with E-state index < -0.39 is 47.2 Å². The number of carbonyl (C=O) groups is 4. The molecule has 0 heterocycles. The van der Waals surface area contributed by atoms with Gasteiger partial charge in [0.05, 0.1) is 5.91 Å². The average molecular weight is 704 g/mol. The third-order valence-electron chi connectivity index (χ3n) is 3.25. The van der Waals surface area contributed by atoms with Crippen molar-refractivity contribution < 1.29 is 78.4 Å². The van der Waals surface area contributed by atoms with Crippen LogP contribution in [-0.4, -0.2) is 60.0 Å². The Bertz CT molecular complexity index is 625. The summed E-state index contributed by atoms with van der Waals surface area (Å²) in [7, 11) is 0. The molecule has 0 fully saturated rings. The van der Waals surface area contributed by atoms with Gasteiger partial charge >= 0.3 is 5.97 Å². The van der Waals surface area contributed by atoms with Crippen LogP contribution in [0.3, 0.4) is 0 Å². The standard InChI is InChI=1S/C16H25N5O6S.U.V/c1-4-12(23)21-11(13(24)19-9(2)8-22)6-5-7-18-15(17)27-14(25)10(3)20-16(26)28;;/h4,9-11H,5-7H2,1-3H3,(H2,17,18)(H,19,24)(H,21,23)(H2,20,26,28);;/q-2;;. The minimum Gasteiger partial charge on any atom is -0.540 e. The molecule has 0 bridgehead atoms. The number of thiol groups is 1. The van der Waals surface area contributed by atoms with Crippen LogP contribution in [-0.2, 0) is 42.5 Å². The first-order valence-electron chi connectivity index (χ1n) is 8.39. The number of nitrogens with zero attached hydrogens (tertiary/aromatic N) is 1. The largest absolute Gasteiger partial charge is 0.540 e. The average Bonchev–Trinajstić information content (AvgIpc) is 2.62. The Morgan fingerprint density at radius 1 is 1.20 bits per heavy atom. The van der Waals surface area contributed by atoms with Crippen LogP contribution >= 0.6 is 12.6 Å². The molecule has 0 aliphatic heterocycles. The number of amides is 3. The Balaban J connectivity index is -0.00000364. The van der Waals surface area contributed by atoms with Crippen LogP contribution in [0.4, 0.5) is 4.79 Å². The van der Waals surface area contributed by atoms with Crippen molar-refractivity contribution in [3.8, 4) is 0 Å². The predicted molar refractivity (Wildman–Crippen MR) is 104 cm³/mol. The van der Waals surface area contributed by atoms with E-state index in [1.807, 2.05) is 0 Å². The number of esters is 1. The Labute approximate surface area is 216 Å². The van der Waals surface area contributed by atoms with Crippen LogP contribution in [0, 0.1) is 37.5 Å². The van der Waals surface area contributed by atoms with Gasteiger partial charge in [0.1, 0.15) is 12.1 Å².